The molecule has 0 amide bonds. The highest BCUT2D eigenvalue weighted by atomic mass is 32.2. The smallest absolute Gasteiger partial charge is 0.335 e. The Kier molecular flexibility index (Phi) is 3.56. The van der Waals surface area contributed by atoms with Gasteiger partial charge in [0, 0.05) is 18.8 Å². The van der Waals surface area contributed by atoms with Crippen molar-refractivity contribution in [3.05, 3.63) is 29.8 Å². The number of nitrogens with zero attached hydrogens (tertiary/aromatic N) is 1. The minimum atomic E-state index is -2.92. The van der Waals surface area contributed by atoms with Crippen LogP contribution in [0.2, 0.25) is 0 Å². The molecule has 2 rings (SSSR count). The van der Waals surface area contributed by atoms with E-state index in [4.69, 9.17) is 5.11 Å². The topological polar surface area (TPSA) is 74.7 Å². The highest BCUT2D eigenvalue weighted by molar-refractivity contribution is 7.91. The van der Waals surface area contributed by atoms with Crippen LogP contribution < -0.4 is 4.90 Å². The number of hydrogen-bond donors (Lipinski definition) is 1. The van der Waals surface area contributed by atoms with E-state index in [9.17, 15) is 13.2 Å². The molecule has 1 aliphatic heterocycles. The first-order valence-corrected chi connectivity index (χ1v) is 7.59. The van der Waals surface area contributed by atoms with Crippen molar-refractivity contribution in [3.63, 3.8) is 0 Å². The van der Waals surface area contributed by atoms with Gasteiger partial charge in [0.15, 0.2) is 9.84 Å². The molecule has 0 radical (unpaired) electrons. The van der Waals surface area contributed by atoms with Crippen molar-refractivity contribution >= 4 is 21.5 Å². The van der Waals surface area contributed by atoms with Gasteiger partial charge in [0.25, 0.3) is 0 Å². The van der Waals surface area contributed by atoms with Gasteiger partial charge in [-0.3, -0.25) is 0 Å². The second-order valence-corrected chi connectivity index (χ2v) is 6.65. The first kappa shape index (κ1) is 12.9. The first-order chi connectivity index (χ1) is 8.48. The van der Waals surface area contributed by atoms with E-state index in [0.29, 0.717) is 19.5 Å². The molecule has 0 saturated carbocycles. The molecule has 1 aromatic rings. The van der Waals surface area contributed by atoms with Crippen LogP contribution in [0.15, 0.2) is 24.3 Å². The maximum atomic E-state index is 11.5. The predicted octanol–water partition coefficient (Wildman–Crippen LogP) is 1.01. The van der Waals surface area contributed by atoms with E-state index in [2.05, 4.69) is 0 Å². The Morgan fingerprint density at radius 2 is 1.78 bits per heavy atom. The molecular formula is C12H15NO4S. The Morgan fingerprint density at radius 1 is 1.11 bits per heavy atom. The molecule has 0 bridgehead atoms. The Balaban J connectivity index is 2.14. The van der Waals surface area contributed by atoms with Gasteiger partial charge >= 0.3 is 5.97 Å². The fourth-order valence-corrected chi connectivity index (χ4v) is 3.28. The zero-order valence-corrected chi connectivity index (χ0v) is 10.7. The lowest BCUT2D eigenvalue weighted by atomic mass is 10.2. The third-order valence-electron chi connectivity index (χ3n) is 3.03. The van der Waals surface area contributed by atoms with E-state index in [1.165, 1.54) is 12.1 Å². The minimum Gasteiger partial charge on any atom is -0.478 e. The SMILES string of the molecule is O=C(O)c1ccc(N2CCCS(=O)(=O)CC2)cc1. The van der Waals surface area contributed by atoms with Crippen molar-refractivity contribution in [2.75, 3.05) is 29.5 Å². The van der Waals surface area contributed by atoms with Crippen LogP contribution in [-0.2, 0) is 9.84 Å². The Bertz CT molecular complexity index is 536. The largest absolute Gasteiger partial charge is 0.478 e. The quantitative estimate of drug-likeness (QED) is 0.867. The normalized spacial score (nSPS) is 19.2. The maximum absolute atomic E-state index is 11.5. The van der Waals surface area contributed by atoms with E-state index >= 15 is 0 Å². The van der Waals surface area contributed by atoms with E-state index in [0.717, 1.165) is 5.69 Å². The summed E-state index contributed by atoms with van der Waals surface area (Å²) < 4.78 is 23.0. The average Bonchev–Trinajstić information content (AvgIpc) is 2.50. The summed E-state index contributed by atoms with van der Waals surface area (Å²) in [6.07, 6.45) is 0.614. The number of anilines is 1. The number of carbonyl (C=O) groups is 1. The van der Waals surface area contributed by atoms with E-state index in [-0.39, 0.29) is 17.1 Å². The van der Waals surface area contributed by atoms with E-state index < -0.39 is 15.8 Å². The highest BCUT2D eigenvalue weighted by Gasteiger charge is 2.19. The Labute approximate surface area is 106 Å². The fraction of sp³-hybridized carbons (Fsp3) is 0.417. The Hall–Kier alpha value is -1.56. The summed E-state index contributed by atoms with van der Waals surface area (Å²) in [5, 5.41) is 8.81. The zero-order valence-electron chi connectivity index (χ0n) is 9.87. The molecule has 0 atom stereocenters. The molecule has 1 aromatic carbocycles. The van der Waals surface area contributed by atoms with Crippen molar-refractivity contribution < 1.29 is 18.3 Å². The van der Waals surface area contributed by atoms with Gasteiger partial charge in [0.05, 0.1) is 17.1 Å². The molecule has 1 N–H and O–H groups in total. The van der Waals surface area contributed by atoms with Crippen LogP contribution in [0, 0.1) is 0 Å². The lowest BCUT2D eigenvalue weighted by Gasteiger charge is -2.22. The maximum Gasteiger partial charge on any atom is 0.335 e. The molecule has 0 unspecified atom stereocenters. The van der Waals surface area contributed by atoms with Crippen LogP contribution >= 0.6 is 0 Å². The van der Waals surface area contributed by atoms with E-state index in [1.807, 2.05) is 4.90 Å². The molecule has 1 saturated heterocycles. The second-order valence-electron chi connectivity index (χ2n) is 4.34. The van der Waals surface area contributed by atoms with Gasteiger partial charge in [-0.05, 0) is 30.7 Å². The van der Waals surface area contributed by atoms with Crippen LogP contribution in [0.1, 0.15) is 16.8 Å². The number of sulfone groups is 1. The standard InChI is InChI=1S/C12H15NO4S/c14-12(15)10-2-4-11(5-3-10)13-6-1-8-18(16,17)9-7-13/h2-5H,1,6-9H2,(H,14,15). The average molecular weight is 269 g/mol. The lowest BCUT2D eigenvalue weighted by Crippen LogP contribution is -2.26. The number of benzene rings is 1. The molecule has 0 aromatic heterocycles. The van der Waals surface area contributed by atoms with Gasteiger partial charge in [-0.1, -0.05) is 0 Å². The van der Waals surface area contributed by atoms with Crippen molar-refractivity contribution in [1.29, 1.82) is 0 Å². The highest BCUT2D eigenvalue weighted by Crippen LogP contribution is 2.18. The number of rotatable bonds is 2. The van der Waals surface area contributed by atoms with Gasteiger partial charge in [-0.25, -0.2) is 13.2 Å². The van der Waals surface area contributed by atoms with Gasteiger partial charge in [-0.15, -0.1) is 0 Å². The fourth-order valence-electron chi connectivity index (χ4n) is 2.01. The number of hydrogen-bond acceptors (Lipinski definition) is 4. The first-order valence-electron chi connectivity index (χ1n) is 5.77. The van der Waals surface area contributed by atoms with Crippen LogP contribution in [0.25, 0.3) is 0 Å². The van der Waals surface area contributed by atoms with Crippen molar-refractivity contribution in [2.24, 2.45) is 0 Å². The summed E-state index contributed by atoms with van der Waals surface area (Å²) in [6.45, 7) is 1.15. The lowest BCUT2D eigenvalue weighted by molar-refractivity contribution is 0.0697. The number of carboxylic acids is 1. The van der Waals surface area contributed by atoms with Gasteiger partial charge in [-0.2, -0.15) is 0 Å². The third kappa shape index (κ3) is 3.01. The van der Waals surface area contributed by atoms with Crippen molar-refractivity contribution in [2.45, 2.75) is 6.42 Å². The molecule has 0 spiro atoms. The minimum absolute atomic E-state index is 0.160. The summed E-state index contributed by atoms with van der Waals surface area (Å²) in [4.78, 5) is 12.7. The molecule has 1 aliphatic rings. The van der Waals surface area contributed by atoms with Gasteiger partial charge < -0.3 is 10.0 Å². The van der Waals surface area contributed by atoms with Crippen molar-refractivity contribution in [3.8, 4) is 0 Å². The third-order valence-corrected chi connectivity index (χ3v) is 4.75. The van der Waals surface area contributed by atoms with Gasteiger partial charge in [0.2, 0.25) is 0 Å². The zero-order chi connectivity index (χ0) is 13.2. The van der Waals surface area contributed by atoms with Crippen LogP contribution in [-0.4, -0.2) is 44.1 Å². The monoisotopic (exact) mass is 269 g/mol. The Morgan fingerprint density at radius 3 is 2.39 bits per heavy atom. The van der Waals surface area contributed by atoms with Crippen LogP contribution in [0.5, 0.6) is 0 Å². The summed E-state index contributed by atoms with van der Waals surface area (Å²) in [5.74, 6) is -0.565. The summed E-state index contributed by atoms with van der Waals surface area (Å²) in [7, 11) is -2.92. The molecular weight excluding hydrogens is 254 g/mol. The number of aromatic carboxylic acids is 1. The molecule has 1 fully saturated rings. The summed E-state index contributed by atoms with van der Waals surface area (Å²) >= 11 is 0. The predicted molar refractivity (Wildman–Crippen MR) is 68.9 cm³/mol. The molecule has 5 nitrogen and oxygen atoms in total. The summed E-state index contributed by atoms with van der Waals surface area (Å²) in [5.41, 5.74) is 1.11. The van der Waals surface area contributed by atoms with Crippen molar-refractivity contribution in [1.82, 2.24) is 0 Å². The molecule has 6 heteroatoms. The molecule has 1 heterocycles. The summed E-state index contributed by atoms with van der Waals surface area (Å²) in [6, 6.07) is 6.52. The molecule has 98 valence electrons. The van der Waals surface area contributed by atoms with E-state index in [1.54, 1.807) is 12.1 Å². The molecule has 0 aliphatic carbocycles. The number of carboxylic acid groups (broad SMARTS) is 1. The molecule has 18 heavy (non-hydrogen) atoms. The van der Waals surface area contributed by atoms with Gasteiger partial charge in [0.1, 0.15) is 0 Å². The van der Waals surface area contributed by atoms with Crippen LogP contribution in [0.4, 0.5) is 5.69 Å². The second kappa shape index (κ2) is 4.97. The van der Waals surface area contributed by atoms with Crippen LogP contribution in [0.3, 0.4) is 0 Å².